The number of hydrogen-bond donors (Lipinski definition) is 1. The van der Waals surface area contributed by atoms with Crippen molar-refractivity contribution >= 4 is 72.7 Å². The molecule has 0 spiro atoms. The maximum atomic E-state index is 13.5. The van der Waals surface area contributed by atoms with Crippen LogP contribution in [0.2, 0.25) is 10.0 Å². The third-order valence-electron chi connectivity index (χ3n) is 6.01. The summed E-state index contributed by atoms with van der Waals surface area (Å²) in [5.74, 6) is -0.0931. The molecule has 0 saturated carbocycles. The van der Waals surface area contributed by atoms with Gasteiger partial charge >= 0.3 is 0 Å². The average Bonchev–Trinajstić information content (AvgIpc) is 3.00. The molecule has 0 aliphatic carbocycles. The predicted octanol–water partition coefficient (Wildman–Crippen LogP) is 6.60. The molecule has 0 unspecified atom stereocenters. The Labute approximate surface area is 271 Å². The van der Waals surface area contributed by atoms with Crippen LogP contribution in [0.4, 0.5) is 11.4 Å². The smallest absolute Gasteiger partial charge is 0.293 e. The van der Waals surface area contributed by atoms with E-state index in [2.05, 4.69) is 26.5 Å². The molecule has 4 rings (SSSR count). The van der Waals surface area contributed by atoms with Gasteiger partial charge in [-0.2, -0.15) is 5.10 Å². The highest BCUT2D eigenvalue weighted by Crippen LogP contribution is 2.37. The molecule has 1 N–H and O–H groups in total. The Morgan fingerprint density at radius 3 is 2.45 bits per heavy atom. The topological polar surface area (TPSA) is 140 Å². The zero-order chi connectivity index (χ0) is 31.9. The zero-order valence-corrected chi connectivity index (χ0v) is 26.7. The zero-order valence-electron chi connectivity index (χ0n) is 22.8. The minimum absolute atomic E-state index is 0.135. The molecule has 0 fully saturated rings. The highest BCUT2D eigenvalue weighted by Gasteiger charge is 2.31. The van der Waals surface area contributed by atoms with Gasteiger partial charge in [-0.25, -0.2) is 18.1 Å². The fourth-order valence-electron chi connectivity index (χ4n) is 3.94. The van der Waals surface area contributed by atoms with E-state index < -0.39 is 33.1 Å². The molecule has 15 heteroatoms. The summed E-state index contributed by atoms with van der Waals surface area (Å²) in [5, 5.41) is 16.6. The number of ether oxygens (including phenoxy) is 2. The van der Waals surface area contributed by atoms with Gasteiger partial charge < -0.3 is 9.47 Å². The van der Waals surface area contributed by atoms with Crippen molar-refractivity contribution in [3.8, 4) is 11.5 Å². The van der Waals surface area contributed by atoms with Crippen LogP contribution in [0.1, 0.15) is 11.1 Å². The SMILES string of the molecule is COc1cc(/C=N\NC(=O)CN(c2ccccc2[N+](=O)[O-])S(=O)(=O)c2ccccc2)cc(Br)c1OCc1ccc(Cl)cc1Cl. The molecule has 0 aromatic heterocycles. The summed E-state index contributed by atoms with van der Waals surface area (Å²) in [6, 6.07) is 20.9. The Bertz CT molecular complexity index is 1830. The third-order valence-corrected chi connectivity index (χ3v) is 8.96. The first-order valence-electron chi connectivity index (χ1n) is 12.6. The Morgan fingerprint density at radius 1 is 1.07 bits per heavy atom. The van der Waals surface area contributed by atoms with Gasteiger partial charge in [0, 0.05) is 21.7 Å². The van der Waals surface area contributed by atoms with E-state index in [0.717, 1.165) is 6.07 Å². The van der Waals surface area contributed by atoms with Gasteiger partial charge in [-0.3, -0.25) is 14.9 Å². The number of nitrogens with zero attached hydrogens (tertiary/aromatic N) is 3. The van der Waals surface area contributed by atoms with Crippen LogP contribution in [0.5, 0.6) is 11.5 Å². The monoisotopic (exact) mass is 720 g/mol. The highest BCUT2D eigenvalue weighted by atomic mass is 79.9. The summed E-state index contributed by atoms with van der Waals surface area (Å²) in [5.41, 5.74) is 2.72. The van der Waals surface area contributed by atoms with Gasteiger partial charge in [-0.1, -0.05) is 59.6 Å². The van der Waals surface area contributed by atoms with Crippen molar-refractivity contribution in [2.75, 3.05) is 18.0 Å². The number of para-hydroxylation sites is 2. The number of sulfonamides is 1. The molecular formula is C29H23BrCl2N4O7S. The second kappa shape index (κ2) is 14.5. The number of benzene rings is 4. The summed E-state index contributed by atoms with van der Waals surface area (Å²) >= 11 is 15.6. The first-order chi connectivity index (χ1) is 21.0. The van der Waals surface area contributed by atoms with Crippen molar-refractivity contribution in [1.82, 2.24) is 5.43 Å². The Hall–Kier alpha value is -4.17. The largest absolute Gasteiger partial charge is 0.493 e. The summed E-state index contributed by atoms with van der Waals surface area (Å²) in [4.78, 5) is 23.7. The molecule has 4 aromatic carbocycles. The van der Waals surface area contributed by atoms with Crippen molar-refractivity contribution < 1.29 is 27.6 Å². The molecule has 0 aliphatic heterocycles. The first-order valence-corrected chi connectivity index (χ1v) is 15.6. The molecular weight excluding hydrogens is 699 g/mol. The molecule has 228 valence electrons. The number of halogens is 3. The lowest BCUT2D eigenvalue weighted by atomic mass is 10.2. The summed E-state index contributed by atoms with van der Waals surface area (Å²) in [7, 11) is -2.91. The number of methoxy groups -OCH3 is 1. The molecule has 1 amide bonds. The van der Waals surface area contributed by atoms with Gasteiger partial charge in [0.1, 0.15) is 18.8 Å². The van der Waals surface area contributed by atoms with E-state index in [0.29, 0.717) is 41.4 Å². The van der Waals surface area contributed by atoms with Crippen LogP contribution in [0.3, 0.4) is 0 Å². The van der Waals surface area contributed by atoms with Crippen molar-refractivity contribution in [3.05, 3.63) is 121 Å². The maximum Gasteiger partial charge on any atom is 0.293 e. The van der Waals surface area contributed by atoms with Gasteiger partial charge in [0.15, 0.2) is 11.5 Å². The van der Waals surface area contributed by atoms with E-state index >= 15 is 0 Å². The van der Waals surface area contributed by atoms with Crippen LogP contribution in [0, 0.1) is 10.1 Å². The van der Waals surface area contributed by atoms with E-state index in [4.69, 9.17) is 32.7 Å². The summed E-state index contributed by atoms with van der Waals surface area (Å²) in [6.45, 7) is -0.650. The maximum absolute atomic E-state index is 13.5. The molecule has 4 aromatic rings. The standard InChI is InChI=1S/C29H23BrCl2N4O7S/c1-42-27-14-19(13-23(30)29(27)43-18-20-11-12-21(31)15-24(20)32)16-33-34-28(37)17-35(25-9-5-6-10-26(25)36(38)39)44(40,41)22-7-3-2-4-8-22/h2-16H,17-18H2,1H3,(H,34,37)/b33-16-. The van der Waals surface area contributed by atoms with Crippen LogP contribution < -0.4 is 19.2 Å². The minimum Gasteiger partial charge on any atom is -0.493 e. The van der Waals surface area contributed by atoms with Crippen molar-refractivity contribution in [2.45, 2.75) is 11.5 Å². The van der Waals surface area contributed by atoms with Crippen LogP contribution in [-0.2, 0) is 21.4 Å². The van der Waals surface area contributed by atoms with Gasteiger partial charge in [0.2, 0.25) is 0 Å². The second-order valence-corrected chi connectivity index (χ2v) is 12.5. The van der Waals surface area contributed by atoms with Crippen LogP contribution >= 0.6 is 39.1 Å². The quantitative estimate of drug-likeness (QED) is 0.0988. The van der Waals surface area contributed by atoms with Gasteiger partial charge in [-0.15, -0.1) is 0 Å². The number of amides is 1. The molecule has 0 radical (unpaired) electrons. The molecule has 0 heterocycles. The molecule has 0 aliphatic rings. The van der Waals surface area contributed by atoms with Gasteiger partial charge in [0.25, 0.3) is 21.6 Å². The van der Waals surface area contributed by atoms with E-state index in [-0.39, 0.29) is 17.2 Å². The van der Waals surface area contributed by atoms with E-state index in [1.165, 1.54) is 55.8 Å². The number of nitro groups is 1. The van der Waals surface area contributed by atoms with Gasteiger partial charge in [0.05, 0.1) is 27.6 Å². The van der Waals surface area contributed by atoms with Crippen LogP contribution in [0.25, 0.3) is 0 Å². The van der Waals surface area contributed by atoms with Crippen LogP contribution in [-0.4, -0.2) is 39.1 Å². The number of nitro benzene ring substituents is 1. The fraction of sp³-hybridized carbons (Fsp3) is 0.103. The summed E-state index contributed by atoms with van der Waals surface area (Å²) in [6.07, 6.45) is 1.31. The lowest BCUT2D eigenvalue weighted by Gasteiger charge is -2.23. The minimum atomic E-state index is -4.37. The third kappa shape index (κ3) is 7.85. The number of hydrazone groups is 1. The van der Waals surface area contributed by atoms with E-state index in [1.54, 1.807) is 36.4 Å². The van der Waals surface area contributed by atoms with E-state index in [9.17, 15) is 23.3 Å². The molecule has 44 heavy (non-hydrogen) atoms. The predicted molar refractivity (Wildman–Crippen MR) is 171 cm³/mol. The first kappa shape index (κ1) is 32.7. The number of hydrogen-bond acceptors (Lipinski definition) is 8. The highest BCUT2D eigenvalue weighted by molar-refractivity contribution is 9.10. The van der Waals surface area contributed by atoms with Crippen molar-refractivity contribution in [2.24, 2.45) is 5.10 Å². The number of nitrogens with one attached hydrogen (secondary N) is 1. The molecule has 11 nitrogen and oxygen atoms in total. The number of rotatable bonds is 12. The lowest BCUT2D eigenvalue weighted by Crippen LogP contribution is -2.39. The number of carbonyl (C=O) groups is 1. The Kier molecular flexibility index (Phi) is 10.8. The number of carbonyl (C=O) groups excluding carboxylic acids is 1. The molecule has 0 saturated heterocycles. The number of anilines is 1. The molecule has 0 atom stereocenters. The fourth-order valence-corrected chi connectivity index (χ4v) is 6.43. The van der Waals surface area contributed by atoms with E-state index in [1.807, 2.05) is 0 Å². The van der Waals surface area contributed by atoms with Crippen molar-refractivity contribution in [3.63, 3.8) is 0 Å². The van der Waals surface area contributed by atoms with Crippen LogP contribution in [0.15, 0.2) is 99.4 Å². The normalized spacial score (nSPS) is 11.3. The van der Waals surface area contributed by atoms with Crippen molar-refractivity contribution in [1.29, 1.82) is 0 Å². The Balaban J connectivity index is 1.52. The average molecular weight is 722 g/mol. The molecule has 0 bridgehead atoms. The summed E-state index contributed by atoms with van der Waals surface area (Å²) < 4.78 is 39.6. The van der Waals surface area contributed by atoms with Gasteiger partial charge in [-0.05, 0) is 64.0 Å². The lowest BCUT2D eigenvalue weighted by molar-refractivity contribution is -0.384. The Morgan fingerprint density at radius 2 is 1.77 bits per heavy atom. The second-order valence-electron chi connectivity index (χ2n) is 8.92.